The van der Waals surface area contributed by atoms with Crippen LogP contribution in [-0.2, 0) is 4.79 Å². The number of carbonyl (C=O) groups excluding carboxylic acids is 1. The monoisotopic (exact) mass is 316 g/mol. The second-order valence-electron chi connectivity index (χ2n) is 6.53. The summed E-state index contributed by atoms with van der Waals surface area (Å²) in [7, 11) is 1.64. The molecule has 2 aliphatic rings. The molecule has 1 aromatic carbocycles. The first kappa shape index (κ1) is 15.0. The van der Waals surface area contributed by atoms with Crippen LogP contribution in [-0.4, -0.2) is 18.0 Å². The van der Waals surface area contributed by atoms with Gasteiger partial charge in [-0.2, -0.15) is 0 Å². The number of para-hydroxylation sites is 1. The largest absolute Gasteiger partial charge is 0.496 e. The molecule has 0 amide bonds. The molecule has 1 saturated heterocycles. The van der Waals surface area contributed by atoms with Crippen molar-refractivity contribution in [1.82, 2.24) is 10.6 Å². The number of benzene rings is 1. The highest BCUT2D eigenvalue weighted by atomic mass is 32.1. The fraction of sp³-hybridized carbons (Fsp3) is 0.412. The van der Waals surface area contributed by atoms with Crippen molar-refractivity contribution in [3.05, 3.63) is 41.6 Å². The standard InChI is InChI=1S/C17H20N2O2S/c1-17(2)8-11-14(12(20)9-17)15(19-16(22)18-11)10-6-4-5-7-13(10)21-3/h4-8,14-15H,9H2,1-3H3,(H2,18,19,22)/t14-,15-/m1/s1. The number of ketones is 1. The van der Waals surface area contributed by atoms with Crippen LogP contribution in [0.4, 0.5) is 0 Å². The topological polar surface area (TPSA) is 50.4 Å². The van der Waals surface area contributed by atoms with E-state index in [9.17, 15) is 4.79 Å². The Bertz CT molecular complexity index is 666. The van der Waals surface area contributed by atoms with Crippen LogP contribution in [0.25, 0.3) is 0 Å². The molecule has 1 heterocycles. The maximum atomic E-state index is 12.7. The number of ether oxygens (including phenoxy) is 1. The van der Waals surface area contributed by atoms with E-state index in [1.54, 1.807) is 7.11 Å². The Hall–Kier alpha value is -1.88. The summed E-state index contributed by atoms with van der Waals surface area (Å²) in [5.74, 6) is 0.735. The van der Waals surface area contributed by atoms with Crippen molar-refractivity contribution in [3.63, 3.8) is 0 Å². The fourth-order valence-electron chi connectivity index (χ4n) is 3.35. The molecule has 2 atom stereocenters. The third kappa shape index (κ3) is 2.61. The third-order valence-electron chi connectivity index (χ3n) is 4.21. The number of rotatable bonds is 2. The van der Waals surface area contributed by atoms with Crippen molar-refractivity contribution in [1.29, 1.82) is 0 Å². The van der Waals surface area contributed by atoms with Gasteiger partial charge in [0, 0.05) is 17.7 Å². The Balaban J connectivity index is 2.08. The minimum absolute atomic E-state index is 0.145. The van der Waals surface area contributed by atoms with Crippen LogP contribution in [0.15, 0.2) is 36.0 Å². The molecule has 0 aromatic heterocycles. The number of nitrogens with one attached hydrogen (secondary N) is 2. The number of fused-ring (bicyclic) bond motifs is 1. The van der Waals surface area contributed by atoms with E-state index in [1.807, 2.05) is 24.3 Å². The second kappa shape index (κ2) is 5.39. The van der Waals surface area contributed by atoms with Crippen LogP contribution >= 0.6 is 12.2 Å². The third-order valence-corrected chi connectivity index (χ3v) is 4.43. The molecule has 1 fully saturated rings. The molecule has 0 radical (unpaired) electrons. The van der Waals surface area contributed by atoms with E-state index in [4.69, 9.17) is 17.0 Å². The van der Waals surface area contributed by atoms with Crippen molar-refractivity contribution in [2.24, 2.45) is 11.3 Å². The molecule has 3 rings (SSSR count). The SMILES string of the molecule is COc1ccccc1[C@H]1NC(=S)NC2=CC(C)(C)CC(=O)[C@@H]21. The van der Waals surface area contributed by atoms with E-state index in [1.165, 1.54) is 0 Å². The highest BCUT2D eigenvalue weighted by Gasteiger charge is 2.43. The first-order valence-electron chi connectivity index (χ1n) is 7.37. The maximum Gasteiger partial charge on any atom is 0.171 e. The van der Waals surface area contributed by atoms with Crippen LogP contribution in [0, 0.1) is 11.3 Å². The minimum atomic E-state index is -0.254. The Morgan fingerprint density at radius 2 is 2.05 bits per heavy atom. The number of hydrogen-bond acceptors (Lipinski definition) is 3. The number of thiocarbonyl (C=S) groups is 1. The summed E-state index contributed by atoms with van der Waals surface area (Å²) in [6.07, 6.45) is 2.66. The van der Waals surface area contributed by atoms with Crippen molar-refractivity contribution < 1.29 is 9.53 Å². The summed E-state index contributed by atoms with van der Waals surface area (Å²) >= 11 is 5.33. The van der Waals surface area contributed by atoms with E-state index in [0.29, 0.717) is 11.5 Å². The Morgan fingerprint density at radius 1 is 1.32 bits per heavy atom. The Labute approximate surface area is 135 Å². The van der Waals surface area contributed by atoms with Crippen molar-refractivity contribution in [2.75, 3.05) is 7.11 Å². The first-order chi connectivity index (χ1) is 10.4. The van der Waals surface area contributed by atoms with Crippen molar-refractivity contribution in [3.8, 4) is 5.75 Å². The van der Waals surface area contributed by atoms with E-state index in [2.05, 4.69) is 30.6 Å². The molecular weight excluding hydrogens is 296 g/mol. The van der Waals surface area contributed by atoms with Crippen molar-refractivity contribution in [2.45, 2.75) is 26.3 Å². The molecule has 22 heavy (non-hydrogen) atoms. The van der Waals surface area contributed by atoms with E-state index in [-0.39, 0.29) is 23.2 Å². The molecule has 0 unspecified atom stereocenters. The lowest BCUT2D eigenvalue weighted by Gasteiger charge is -2.41. The molecule has 5 heteroatoms. The van der Waals surface area contributed by atoms with E-state index in [0.717, 1.165) is 17.0 Å². The lowest BCUT2D eigenvalue weighted by Crippen LogP contribution is -2.53. The number of carbonyl (C=O) groups is 1. The van der Waals surface area contributed by atoms with Gasteiger partial charge in [-0.3, -0.25) is 4.79 Å². The highest BCUT2D eigenvalue weighted by Crippen LogP contribution is 2.42. The van der Waals surface area contributed by atoms with Gasteiger partial charge in [0.1, 0.15) is 11.5 Å². The summed E-state index contributed by atoms with van der Waals surface area (Å²) in [6.45, 7) is 4.14. The molecule has 0 spiro atoms. The molecule has 2 N–H and O–H groups in total. The number of hydrogen-bond donors (Lipinski definition) is 2. The molecule has 0 bridgehead atoms. The van der Waals surface area contributed by atoms with Crippen LogP contribution in [0.1, 0.15) is 31.9 Å². The average Bonchev–Trinajstić information content (AvgIpc) is 2.44. The zero-order valence-electron chi connectivity index (χ0n) is 13.0. The van der Waals surface area contributed by atoms with Crippen LogP contribution in [0.3, 0.4) is 0 Å². The summed E-state index contributed by atoms with van der Waals surface area (Å²) in [5.41, 5.74) is 1.72. The van der Waals surface area contributed by atoms with Gasteiger partial charge in [0.25, 0.3) is 0 Å². The zero-order chi connectivity index (χ0) is 15.9. The minimum Gasteiger partial charge on any atom is -0.496 e. The van der Waals surface area contributed by atoms with Gasteiger partial charge in [-0.25, -0.2) is 0 Å². The summed E-state index contributed by atoms with van der Waals surface area (Å²) in [6, 6.07) is 7.56. The second-order valence-corrected chi connectivity index (χ2v) is 6.94. The van der Waals surface area contributed by atoms with Gasteiger partial charge in [-0.05, 0) is 23.7 Å². The van der Waals surface area contributed by atoms with Gasteiger partial charge in [0.2, 0.25) is 0 Å². The zero-order valence-corrected chi connectivity index (χ0v) is 13.8. The highest BCUT2D eigenvalue weighted by molar-refractivity contribution is 7.80. The van der Waals surface area contributed by atoms with Crippen LogP contribution in [0.2, 0.25) is 0 Å². The molecule has 4 nitrogen and oxygen atoms in total. The van der Waals surface area contributed by atoms with Gasteiger partial charge in [-0.1, -0.05) is 38.1 Å². The Morgan fingerprint density at radius 3 is 2.77 bits per heavy atom. The molecule has 1 aromatic rings. The normalized spacial score (nSPS) is 26.4. The smallest absolute Gasteiger partial charge is 0.171 e. The van der Waals surface area contributed by atoms with Crippen LogP contribution < -0.4 is 15.4 Å². The van der Waals surface area contributed by atoms with Gasteiger partial charge in [-0.15, -0.1) is 0 Å². The number of methoxy groups -OCH3 is 1. The van der Waals surface area contributed by atoms with Gasteiger partial charge in [0.15, 0.2) is 5.11 Å². The van der Waals surface area contributed by atoms with Gasteiger partial charge < -0.3 is 15.4 Å². The molecule has 116 valence electrons. The first-order valence-corrected chi connectivity index (χ1v) is 7.78. The fourth-order valence-corrected chi connectivity index (χ4v) is 3.59. The quantitative estimate of drug-likeness (QED) is 0.822. The molecule has 0 saturated carbocycles. The van der Waals surface area contributed by atoms with Gasteiger partial charge >= 0.3 is 0 Å². The van der Waals surface area contributed by atoms with Crippen LogP contribution in [0.5, 0.6) is 5.75 Å². The lowest BCUT2D eigenvalue weighted by atomic mass is 9.72. The van der Waals surface area contributed by atoms with E-state index < -0.39 is 0 Å². The average molecular weight is 316 g/mol. The Kier molecular flexibility index (Phi) is 3.68. The lowest BCUT2D eigenvalue weighted by molar-refractivity contribution is -0.125. The summed E-state index contributed by atoms with van der Waals surface area (Å²) < 4.78 is 5.46. The maximum absolute atomic E-state index is 12.7. The molecule has 1 aliphatic heterocycles. The van der Waals surface area contributed by atoms with Crippen molar-refractivity contribution >= 4 is 23.1 Å². The van der Waals surface area contributed by atoms with E-state index >= 15 is 0 Å². The number of Topliss-reactive ketones (excluding diaryl/α,β-unsaturated/α-hetero) is 1. The van der Waals surface area contributed by atoms with Gasteiger partial charge in [0.05, 0.1) is 19.1 Å². The predicted molar refractivity (Wildman–Crippen MR) is 89.6 cm³/mol. The molecule has 1 aliphatic carbocycles. The number of allylic oxidation sites excluding steroid dienone is 1. The summed E-state index contributed by atoms with van der Waals surface area (Å²) in [4.78, 5) is 12.7. The predicted octanol–water partition coefficient (Wildman–Crippen LogP) is 2.71. The molecular formula is C17H20N2O2S. The summed E-state index contributed by atoms with van der Waals surface area (Å²) in [5, 5.41) is 6.95.